The Hall–Kier alpha value is -2.85. The van der Waals surface area contributed by atoms with Crippen molar-refractivity contribution in [3.8, 4) is 11.8 Å². The molecule has 2 N–H and O–H groups in total. The molecule has 1 fully saturated rings. The van der Waals surface area contributed by atoms with Crippen LogP contribution in [0.5, 0.6) is 5.75 Å². The Balaban J connectivity index is 0.00000243. The Kier molecular flexibility index (Phi) is 6.01. The number of likely N-dealkylation sites (tertiary alicyclic amines) is 1. The van der Waals surface area contributed by atoms with Crippen LogP contribution < -0.4 is 5.32 Å². The lowest BCUT2D eigenvalue weighted by Crippen LogP contribution is -2.42. The molecule has 1 saturated heterocycles. The molecule has 0 bridgehead atoms. The Morgan fingerprint density at radius 3 is 2.88 bits per heavy atom. The smallest absolute Gasteiger partial charge is 0.256 e. The monoisotopic (exact) mass is 374 g/mol. The van der Waals surface area contributed by atoms with E-state index in [2.05, 4.69) is 16.4 Å². The molecule has 7 nitrogen and oxygen atoms in total. The van der Waals surface area contributed by atoms with Gasteiger partial charge in [-0.25, -0.2) is 4.98 Å². The zero-order valence-electron chi connectivity index (χ0n) is 14.2. The molecule has 0 aliphatic carbocycles. The number of carbonyl (C=O) groups is 2. The highest BCUT2D eigenvalue weighted by Gasteiger charge is 2.29. The summed E-state index contributed by atoms with van der Waals surface area (Å²) in [5.74, 6) is -1.04. The van der Waals surface area contributed by atoms with Crippen LogP contribution in [0, 0.1) is 18.3 Å². The van der Waals surface area contributed by atoms with E-state index in [1.807, 2.05) is 0 Å². The average molecular weight is 375 g/mol. The van der Waals surface area contributed by atoms with Crippen LogP contribution in [0.4, 0.5) is 0 Å². The number of carbonyl (C=O) groups excluding carboxylic acids is 2. The highest BCUT2D eigenvalue weighted by atomic mass is 35.5. The number of hydrogen-bond acceptors (Lipinski definition) is 5. The second-order valence-electron chi connectivity index (χ2n) is 5.99. The molecule has 0 radical (unpaired) electrons. The van der Waals surface area contributed by atoms with Gasteiger partial charge in [-0.15, -0.1) is 12.4 Å². The zero-order chi connectivity index (χ0) is 18.0. The zero-order valence-corrected chi connectivity index (χ0v) is 15.0. The van der Waals surface area contributed by atoms with Crippen molar-refractivity contribution in [1.82, 2.24) is 15.2 Å². The van der Waals surface area contributed by atoms with Gasteiger partial charge < -0.3 is 15.3 Å². The fourth-order valence-electron chi connectivity index (χ4n) is 3.10. The molecule has 136 valence electrons. The highest BCUT2D eigenvalue weighted by Crippen LogP contribution is 2.28. The van der Waals surface area contributed by atoms with Crippen LogP contribution in [0.25, 0.3) is 10.9 Å². The summed E-state index contributed by atoms with van der Waals surface area (Å²) in [4.78, 5) is 30.6. The summed E-state index contributed by atoms with van der Waals surface area (Å²) in [6, 6.07) is 8.67. The lowest BCUT2D eigenvalue weighted by atomic mass is 10.1. The van der Waals surface area contributed by atoms with Crippen LogP contribution in [0.3, 0.4) is 0 Å². The molecule has 3 rings (SSSR count). The van der Waals surface area contributed by atoms with Crippen LogP contribution in [0.2, 0.25) is 0 Å². The molecular weight excluding hydrogens is 356 g/mol. The molecule has 1 aromatic carbocycles. The standard InChI is InChI=1S/C18H18N4O3.ClH/c1-11-17(24)16(13-6-2-3-7-14(13)21-11)18(25)20-10-15(23)22-8-4-5-12(22)9-19;/h2-3,6-7,12,24H,4-5,8,10H2,1H3,(H,20,25);1H/t12-;/m0./s1. The molecule has 0 unspecified atom stereocenters. The summed E-state index contributed by atoms with van der Waals surface area (Å²) in [5.41, 5.74) is 1.05. The van der Waals surface area contributed by atoms with Crippen molar-refractivity contribution in [3.05, 3.63) is 35.5 Å². The third-order valence-electron chi connectivity index (χ3n) is 4.39. The van der Waals surface area contributed by atoms with E-state index in [0.29, 0.717) is 29.6 Å². The predicted molar refractivity (Wildman–Crippen MR) is 98.1 cm³/mol. The van der Waals surface area contributed by atoms with Gasteiger partial charge in [-0.05, 0) is 25.8 Å². The Morgan fingerprint density at radius 1 is 1.42 bits per heavy atom. The van der Waals surface area contributed by atoms with Gasteiger partial charge in [0, 0.05) is 11.9 Å². The molecule has 1 aliphatic rings. The summed E-state index contributed by atoms with van der Waals surface area (Å²) in [6.07, 6.45) is 1.44. The summed E-state index contributed by atoms with van der Waals surface area (Å²) in [5, 5.41) is 22.4. The van der Waals surface area contributed by atoms with Gasteiger partial charge in [0.05, 0.1) is 29.4 Å². The minimum Gasteiger partial charge on any atom is -0.505 e. The summed E-state index contributed by atoms with van der Waals surface area (Å²) in [6.45, 7) is 1.92. The molecule has 8 heteroatoms. The van der Waals surface area contributed by atoms with Crippen molar-refractivity contribution in [1.29, 1.82) is 5.26 Å². The quantitative estimate of drug-likeness (QED) is 0.853. The molecule has 2 heterocycles. The number of pyridine rings is 1. The molecule has 1 aromatic heterocycles. The van der Waals surface area contributed by atoms with Crippen LogP contribution in [-0.2, 0) is 4.79 Å². The van der Waals surface area contributed by atoms with Crippen molar-refractivity contribution in [2.45, 2.75) is 25.8 Å². The van der Waals surface area contributed by atoms with Crippen LogP contribution >= 0.6 is 12.4 Å². The van der Waals surface area contributed by atoms with E-state index in [-0.39, 0.29) is 36.2 Å². The Bertz CT molecular complexity index is 894. The van der Waals surface area contributed by atoms with Crippen LogP contribution in [0.1, 0.15) is 28.9 Å². The van der Waals surface area contributed by atoms with Crippen molar-refractivity contribution in [3.63, 3.8) is 0 Å². The summed E-state index contributed by atoms with van der Waals surface area (Å²) in [7, 11) is 0. The average Bonchev–Trinajstić information content (AvgIpc) is 3.09. The summed E-state index contributed by atoms with van der Waals surface area (Å²) >= 11 is 0. The van der Waals surface area contributed by atoms with Crippen LogP contribution in [-0.4, -0.2) is 45.9 Å². The topological polar surface area (TPSA) is 106 Å². The van der Waals surface area contributed by atoms with Gasteiger partial charge in [0.25, 0.3) is 5.91 Å². The number of fused-ring (bicyclic) bond motifs is 1. The number of nitriles is 1. The minimum absolute atomic E-state index is 0. The largest absolute Gasteiger partial charge is 0.505 e. The number of aromatic nitrogens is 1. The number of rotatable bonds is 3. The van der Waals surface area contributed by atoms with Gasteiger partial charge in [0.15, 0.2) is 0 Å². The number of para-hydroxylation sites is 1. The van der Waals surface area contributed by atoms with Gasteiger partial charge in [0.1, 0.15) is 11.8 Å². The maximum Gasteiger partial charge on any atom is 0.256 e. The number of amides is 2. The molecule has 1 atom stereocenters. The van der Waals surface area contributed by atoms with E-state index in [1.165, 1.54) is 4.90 Å². The first-order valence-electron chi connectivity index (χ1n) is 8.08. The molecule has 0 saturated carbocycles. The fourth-order valence-corrected chi connectivity index (χ4v) is 3.10. The lowest BCUT2D eigenvalue weighted by molar-refractivity contribution is -0.130. The van der Waals surface area contributed by atoms with E-state index in [0.717, 1.165) is 6.42 Å². The van der Waals surface area contributed by atoms with Crippen LogP contribution in [0.15, 0.2) is 24.3 Å². The van der Waals surface area contributed by atoms with Crippen molar-refractivity contribution in [2.75, 3.05) is 13.1 Å². The number of aryl methyl sites for hydroxylation is 1. The number of aromatic hydroxyl groups is 1. The highest BCUT2D eigenvalue weighted by molar-refractivity contribution is 6.09. The molecule has 0 spiro atoms. The number of nitrogens with one attached hydrogen (secondary N) is 1. The molecule has 1 aliphatic heterocycles. The minimum atomic E-state index is -0.541. The SMILES string of the molecule is Cc1nc2ccccc2c(C(=O)NCC(=O)N2CCC[C@H]2C#N)c1O.Cl. The molecular formula is C18H19ClN4O3. The third kappa shape index (κ3) is 3.55. The first-order valence-corrected chi connectivity index (χ1v) is 8.08. The van der Waals surface area contributed by atoms with E-state index in [9.17, 15) is 14.7 Å². The van der Waals surface area contributed by atoms with Gasteiger partial charge in [-0.1, -0.05) is 18.2 Å². The molecule has 26 heavy (non-hydrogen) atoms. The Labute approximate surface area is 157 Å². The van der Waals surface area contributed by atoms with Gasteiger partial charge in [-0.3, -0.25) is 9.59 Å². The van der Waals surface area contributed by atoms with Crippen molar-refractivity contribution < 1.29 is 14.7 Å². The molecule has 2 aromatic rings. The predicted octanol–water partition coefficient (Wildman–Crippen LogP) is 1.92. The Morgan fingerprint density at radius 2 is 2.15 bits per heavy atom. The maximum absolute atomic E-state index is 12.6. The normalized spacial score (nSPS) is 16.0. The second kappa shape index (κ2) is 8.02. The third-order valence-corrected chi connectivity index (χ3v) is 4.39. The van der Waals surface area contributed by atoms with E-state index in [1.54, 1.807) is 31.2 Å². The van der Waals surface area contributed by atoms with Crippen molar-refractivity contribution >= 4 is 35.1 Å². The molecule has 2 amide bonds. The lowest BCUT2D eigenvalue weighted by Gasteiger charge is -2.19. The first kappa shape index (κ1) is 19.5. The van der Waals surface area contributed by atoms with E-state index < -0.39 is 11.9 Å². The van der Waals surface area contributed by atoms with Gasteiger partial charge in [0.2, 0.25) is 5.91 Å². The van der Waals surface area contributed by atoms with E-state index >= 15 is 0 Å². The number of nitrogens with zero attached hydrogens (tertiary/aromatic N) is 3. The first-order chi connectivity index (χ1) is 12.0. The fraction of sp³-hybridized carbons (Fsp3) is 0.333. The van der Waals surface area contributed by atoms with Gasteiger partial charge >= 0.3 is 0 Å². The van der Waals surface area contributed by atoms with Gasteiger partial charge in [-0.2, -0.15) is 5.26 Å². The van der Waals surface area contributed by atoms with E-state index in [4.69, 9.17) is 5.26 Å². The number of hydrogen-bond donors (Lipinski definition) is 2. The van der Waals surface area contributed by atoms with Crippen molar-refractivity contribution in [2.24, 2.45) is 0 Å². The summed E-state index contributed by atoms with van der Waals surface area (Å²) < 4.78 is 0. The number of benzene rings is 1. The second-order valence-corrected chi connectivity index (χ2v) is 5.99. The number of halogens is 1. The maximum atomic E-state index is 12.6.